The molecule has 12 heavy (non-hydrogen) atoms. The lowest BCUT2D eigenvalue weighted by atomic mass is 11.2. The molecule has 0 aromatic rings. The van der Waals surface area contributed by atoms with E-state index >= 15 is 0 Å². The van der Waals surface area contributed by atoms with Gasteiger partial charge in [0.05, 0.1) is 0 Å². The standard InChI is InChI=1S/C6H20N4P.ClH/c1-8(2)11(7,9(3)4)10(5)6;/h7H2,1-6H3;1H/q+1;/p-1. The lowest BCUT2D eigenvalue weighted by molar-refractivity contribution is -0.00000283. The molecule has 0 aromatic heterocycles. The van der Waals surface area contributed by atoms with Crippen LogP contribution in [0.1, 0.15) is 0 Å². The molecule has 0 radical (unpaired) electrons. The van der Waals surface area contributed by atoms with Crippen LogP contribution in [0.25, 0.3) is 0 Å². The van der Waals surface area contributed by atoms with Crippen LogP contribution in [0.3, 0.4) is 0 Å². The highest BCUT2D eigenvalue weighted by Gasteiger charge is 2.43. The van der Waals surface area contributed by atoms with Crippen LogP contribution in [-0.4, -0.2) is 56.3 Å². The summed E-state index contributed by atoms with van der Waals surface area (Å²) in [6, 6.07) is 0. The average molecular weight is 215 g/mol. The van der Waals surface area contributed by atoms with Crippen molar-refractivity contribution in [1.82, 2.24) is 14.0 Å². The topological polar surface area (TPSA) is 35.7 Å². The first-order valence-electron chi connectivity index (χ1n) is 3.54. The van der Waals surface area contributed by atoms with Gasteiger partial charge in [0.1, 0.15) is 0 Å². The van der Waals surface area contributed by atoms with Crippen LogP contribution in [0.15, 0.2) is 0 Å². The SMILES string of the molecule is CN(C)[P+](N)(N(C)C)N(C)C.[Cl-]. The van der Waals surface area contributed by atoms with Crippen LogP contribution in [0.4, 0.5) is 0 Å². The zero-order valence-electron chi connectivity index (χ0n) is 8.74. The van der Waals surface area contributed by atoms with Gasteiger partial charge in [0.25, 0.3) is 0 Å². The number of nitrogens with zero attached hydrogens (tertiary/aromatic N) is 3. The van der Waals surface area contributed by atoms with E-state index in [0.29, 0.717) is 0 Å². The second kappa shape index (κ2) is 5.32. The van der Waals surface area contributed by atoms with Crippen LogP contribution < -0.4 is 17.9 Å². The Morgan fingerprint density at radius 2 is 0.917 bits per heavy atom. The molecule has 6 heteroatoms. The summed E-state index contributed by atoms with van der Waals surface area (Å²) < 4.78 is 6.23. The van der Waals surface area contributed by atoms with E-state index in [0.717, 1.165) is 0 Å². The van der Waals surface area contributed by atoms with Gasteiger partial charge in [-0.3, -0.25) is 0 Å². The van der Waals surface area contributed by atoms with Gasteiger partial charge in [-0.05, 0) is 0 Å². The summed E-state index contributed by atoms with van der Waals surface area (Å²) in [7, 11) is 10.4. The molecule has 0 saturated heterocycles. The summed E-state index contributed by atoms with van der Waals surface area (Å²) >= 11 is 0. The van der Waals surface area contributed by atoms with Crippen molar-refractivity contribution in [3.8, 4) is 0 Å². The van der Waals surface area contributed by atoms with Gasteiger partial charge in [-0.2, -0.15) is 5.50 Å². The van der Waals surface area contributed by atoms with E-state index in [4.69, 9.17) is 5.50 Å². The lowest BCUT2D eigenvalue weighted by Gasteiger charge is -2.35. The predicted molar refractivity (Wildman–Crippen MR) is 52.2 cm³/mol. The van der Waals surface area contributed by atoms with E-state index in [1.54, 1.807) is 0 Å². The van der Waals surface area contributed by atoms with Crippen LogP contribution in [0.2, 0.25) is 0 Å². The molecule has 0 bridgehead atoms. The van der Waals surface area contributed by atoms with Crippen molar-refractivity contribution < 1.29 is 12.4 Å². The van der Waals surface area contributed by atoms with E-state index in [-0.39, 0.29) is 12.4 Å². The first kappa shape index (κ1) is 15.1. The minimum atomic E-state index is -1.69. The number of hydrogen-bond donors (Lipinski definition) is 1. The fourth-order valence-corrected chi connectivity index (χ4v) is 3.22. The molecule has 4 nitrogen and oxygen atoms in total. The van der Waals surface area contributed by atoms with E-state index in [1.165, 1.54) is 0 Å². The Kier molecular flexibility index (Phi) is 6.68. The highest BCUT2D eigenvalue weighted by atomic mass is 35.5. The maximum Gasteiger partial charge on any atom is 0.301 e. The molecule has 0 atom stereocenters. The van der Waals surface area contributed by atoms with Crippen LogP contribution >= 0.6 is 7.87 Å². The highest BCUT2D eigenvalue weighted by molar-refractivity contribution is 7.66. The maximum absolute atomic E-state index is 6.22. The Bertz CT molecular complexity index is 107. The van der Waals surface area contributed by atoms with Gasteiger partial charge < -0.3 is 12.4 Å². The molecule has 0 rings (SSSR count). The molecular weight excluding hydrogens is 195 g/mol. The smallest absolute Gasteiger partial charge is 0.301 e. The zero-order valence-corrected chi connectivity index (χ0v) is 10.4. The maximum atomic E-state index is 6.22. The first-order valence-corrected chi connectivity index (χ1v) is 5.26. The fourth-order valence-electron chi connectivity index (χ4n) is 1.07. The Labute approximate surface area is 82.6 Å². The molecule has 0 aliphatic rings. The monoisotopic (exact) mass is 214 g/mol. The minimum absolute atomic E-state index is 0. The summed E-state index contributed by atoms with van der Waals surface area (Å²) in [6.45, 7) is 0. The highest BCUT2D eigenvalue weighted by Crippen LogP contribution is 2.55. The molecular formula is C6H20ClN4P. The Morgan fingerprint density at radius 3 is 0.917 bits per heavy atom. The summed E-state index contributed by atoms with van der Waals surface area (Å²) in [4.78, 5) is 0. The minimum Gasteiger partial charge on any atom is -1.00 e. The van der Waals surface area contributed by atoms with E-state index in [2.05, 4.69) is 14.0 Å². The van der Waals surface area contributed by atoms with Gasteiger partial charge in [-0.25, -0.2) is 0 Å². The van der Waals surface area contributed by atoms with E-state index < -0.39 is 7.87 Å². The molecule has 0 amide bonds. The fraction of sp³-hybridized carbons (Fsp3) is 1.00. The Morgan fingerprint density at radius 1 is 0.750 bits per heavy atom. The summed E-state index contributed by atoms with van der Waals surface area (Å²) in [5.74, 6) is 0. The van der Waals surface area contributed by atoms with Crippen molar-refractivity contribution in [2.45, 2.75) is 0 Å². The average Bonchev–Trinajstić information content (AvgIpc) is 1.84. The number of halogens is 1. The summed E-state index contributed by atoms with van der Waals surface area (Å²) in [6.07, 6.45) is 0. The molecule has 0 fully saturated rings. The molecule has 0 unspecified atom stereocenters. The number of hydrogen-bond acceptors (Lipinski definition) is 4. The Hall–Kier alpha value is 0.560. The van der Waals surface area contributed by atoms with Crippen molar-refractivity contribution in [2.24, 2.45) is 5.50 Å². The molecule has 0 spiro atoms. The molecule has 0 aliphatic heterocycles. The van der Waals surface area contributed by atoms with Gasteiger partial charge in [-0.15, -0.1) is 14.0 Å². The van der Waals surface area contributed by atoms with Crippen molar-refractivity contribution >= 4 is 7.87 Å². The predicted octanol–water partition coefficient (Wildman–Crippen LogP) is -2.69. The summed E-state index contributed by atoms with van der Waals surface area (Å²) in [5.41, 5.74) is 6.22. The third-order valence-corrected chi connectivity index (χ3v) is 5.30. The largest absolute Gasteiger partial charge is 1.00 e. The van der Waals surface area contributed by atoms with E-state index in [1.807, 2.05) is 42.3 Å². The van der Waals surface area contributed by atoms with Gasteiger partial charge in [0, 0.05) is 42.3 Å². The molecule has 0 aliphatic carbocycles. The molecule has 76 valence electrons. The van der Waals surface area contributed by atoms with Crippen molar-refractivity contribution in [3.05, 3.63) is 0 Å². The molecule has 2 N–H and O–H groups in total. The Balaban J connectivity index is 0. The number of rotatable bonds is 3. The van der Waals surface area contributed by atoms with Crippen molar-refractivity contribution in [2.75, 3.05) is 42.3 Å². The summed E-state index contributed by atoms with van der Waals surface area (Å²) in [5, 5.41) is 0. The first-order chi connectivity index (χ1) is 4.83. The molecule has 0 saturated carbocycles. The van der Waals surface area contributed by atoms with Gasteiger partial charge >= 0.3 is 7.87 Å². The van der Waals surface area contributed by atoms with Crippen LogP contribution in [0, 0.1) is 0 Å². The van der Waals surface area contributed by atoms with Crippen LogP contribution in [0.5, 0.6) is 0 Å². The van der Waals surface area contributed by atoms with Crippen molar-refractivity contribution in [3.63, 3.8) is 0 Å². The third-order valence-electron chi connectivity index (χ3n) is 1.77. The second-order valence-electron chi connectivity index (χ2n) is 3.16. The van der Waals surface area contributed by atoms with Gasteiger partial charge in [0.2, 0.25) is 0 Å². The molecule has 0 aromatic carbocycles. The van der Waals surface area contributed by atoms with Crippen molar-refractivity contribution in [1.29, 1.82) is 0 Å². The number of nitrogens with two attached hydrogens (primary N) is 1. The normalized spacial score (nSPS) is 12.5. The second-order valence-corrected chi connectivity index (χ2v) is 6.79. The van der Waals surface area contributed by atoms with Gasteiger partial charge in [0.15, 0.2) is 0 Å². The lowest BCUT2D eigenvalue weighted by Crippen LogP contribution is -3.00. The van der Waals surface area contributed by atoms with E-state index in [9.17, 15) is 0 Å². The quantitative estimate of drug-likeness (QED) is 0.520. The van der Waals surface area contributed by atoms with Crippen LogP contribution in [-0.2, 0) is 0 Å². The van der Waals surface area contributed by atoms with Gasteiger partial charge in [-0.1, -0.05) is 0 Å². The molecule has 0 heterocycles. The third kappa shape index (κ3) is 2.80. The zero-order chi connectivity index (χ0) is 9.23.